The molecule has 3 heterocycles. The molecule has 2 aliphatic heterocycles. The molecule has 0 bridgehead atoms. The fourth-order valence-electron chi connectivity index (χ4n) is 4.00. The van der Waals surface area contributed by atoms with Crippen LogP contribution in [0.2, 0.25) is 0 Å². The molecule has 0 saturated carbocycles. The third kappa shape index (κ3) is 3.34. The lowest BCUT2D eigenvalue weighted by Gasteiger charge is -2.32. The average Bonchev–Trinajstić information content (AvgIpc) is 2.79. The Hall–Kier alpha value is -2.92. The Morgan fingerprint density at radius 1 is 0.821 bits per heavy atom. The number of hydrogen-bond donors (Lipinski definition) is 0. The third-order valence-corrected chi connectivity index (χ3v) is 5.46. The maximum Gasteiger partial charge on any atom is 0.232 e. The number of rotatable bonds is 3. The molecule has 28 heavy (non-hydrogen) atoms. The Balaban J connectivity index is 1.61. The number of fused-ring (bicyclic) bond motifs is 1. The summed E-state index contributed by atoms with van der Waals surface area (Å²) in [5.74, 6) is 1.77. The average molecular weight is 372 g/mol. The highest BCUT2D eigenvalue weighted by molar-refractivity contribution is 5.69. The molecule has 3 aromatic rings. The minimum Gasteiger partial charge on any atom is -0.378 e. The van der Waals surface area contributed by atoms with E-state index in [1.165, 1.54) is 11.3 Å². The van der Waals surface area contributed by atoms with Crippen molar-refractivity contribution in [3.63, 3.8) is 0 Å². The van der Waals surface area contributed by atoms with E-state index in [4.69, 9.17) is 14.7 Å². The van der Waals surface area contributed by atoms with Gasteiger partial charge < -0.3 is 14.5 Å². The first kappa shape index (κ1) is 17.2. The molecule has 0 spiro atoms. The molecular formula is C23H24N4O. The minimum atomic E-state index is 0.743. The van der Waals surface area contributed by atoms with Gasteiger partial charge in [0.1, 0.15) is 5.82 Å². The van der Waals surface area contributed by atoms with Crippen molar-refractivity contribution in [3.8, 4) is 11.3 Å². The van der Waals surface area contributed by atoms with Crippen LogP contribution in [0.5, 0.6) is 0 Å². The van der Waals surface area contributed by atoms with Gasteiger partial charge in [-0.05, 0) is 24.5 Å². The Labute approximate surface area is 165 Å². The van der Waals surface area contributed by atoms with Crippen LogP contribution in [0.1, 0.15) is 12.0 Å². The van der Waals surface area contributed by atoms with E-state index in [2.05, 4.69) is 64.4 Å². The Kier molecular flexibility index (Phi) is 4.67. The zero-order valence-corrected chi connectivity index (χ0v) is 15.9. The van der Waals surface area contributed by atoms with Crippen LogP contribution < -0.4 is 9.80 Å². The van der Waals surface area contributed by atoms with E-state index in [-0.39, 0.29) is 0 Å². The summed E-state index contributed by atoms with van der Waals surface area (Å²) in [6.07, 6.45) is 2.23. The maximum absolute atomic E-state index is 5.53. The molecule has 0 radical (unpaired) electrons. The molecular weight excluding hydrogens is 348 g/mol. The normalized spacial score (nSPS) is 16.7. The van der Waals surface area contributed by atoms with Crippen molar-refractivity contribution in [1.82, 2.24) is 9.97 Å². The third-order valence-electron chi connectivity index (χ3n) is 5.46. The first-order valence-corrected chi connectivity index (χ1v) is 10.0. The number of benzene rings is 2. The highest BCUT2D eigenvalue weighted by Gasteiger charge is 2.23. The van der Waals surface area contributed by atoms with Crippen molar-refractivity contribution >= 4 is 17.5 Å². The standard InChI is InChI=1S/C23H24N4O/c1-2-7-18(8-3-1)20-17-22(26-13-15-28-16-14-26)25-23(24-20)27-12-6-10-19-9-4-5-11-21(19)27/h1-5,7-9,11,17H,6,10,12-16H2. The quantitative estimate of drug-likeness (QED) is 0.693. The van der Waals surface area contributed by atoms with Crippen molar-refractivity contribution in [3.05, 3.63) is 66.2 Å². The fraction of sp³-hybridized carbons (Fsp3) is 0.304. The van der Waals surface area contributed by atoms with Crippen LogP contribution in [0, 0.1) is 0 Å². The van der Waals surface area contributed by atoms with Gasteiger partial charge in [0.2, 0.25) is 5.95 Å². The van der Waals surface area contributed by atoms with Crippen LogP contribution in [-0.4, -0.2) is 42.8 Å². The van der Waals surface area contributed by atoms with Gasteiger partial charge in [-0.15, -0.1) is 0 Å². The molecule has 2 aliphatic rings. The van der Waals surface area contributed by atoms with Crippen molar-refractivity contribution in [2.24, 2.45) is 0 Å². The second-order valence-corrected chi connectivity index (χ2v) is 7.26. The smallest absolute Gasteiger partial charge is 0.232 e. The van der Waals surface area contributed by atoms with Gasteiger partial charge in [-0.1, -0.05) is 48.5 Å². The summed E-state index contributed by atoms with van der Waals surface area (Å²) in [6.45, 7) is 4.15. The van der Waals surface area contributed by atoms with E-state index in [1.54, 1.807) is 0 Å². The summed E-state index contributed by atoms with van der Waals surface area (Å²) in [6, 6.07) is 21.1. The van der Waals surface area contributed by atoms with Gasteiger partial charge in [0.05, 0.1) is 18.9 Å². The molecule has 1 fully saturated rings. The molecule has 0 N–H and O–H groups in total. The molecule has 1 aromatic heterocycles. The van der Waals surface area contributed by atoms with Crippen LogP contribution >= 0.6 is 0 Å². The highest BCUT2D eigenvalue weighted by atomic mass is 16.5. The fourth-order valence-corrected chi connectivity index (χ4v) is 4.00. The van der Waals surface area contributed by atoms with Gasteiger partial charge in [0.25, 0.3) is 0 Å². The summed E-state index contributed by atoms with van der Waals surface area (Å²) >= 11 is 0. The zero-order chi connectivity index (χ0) is 18.8. The van der Waals surface area contributed by atoms with Gasteiger partial charge in [0.15, 0.2) is 0 Å². The first-order chi connectivity index (χ1) is 13.9. The molecule has 0 unspecified atom stereocenters. The maximum atomic E-state index is 5.53. The number of aryl methyl sites for hydroxylation is 1. The van der Waals surface area contributed by atoms with E-state index in [0.717, 1.165) is 68.7 Å². The van der Waals surface area contributed by atoms with Gasteiger partial charge >= 0.3 is 0 Å². The summed E-state index contributed by atoms with van der Waals surface area (Å²) in [7, 11) is 0. The predicted molar refractivity (Wildman–Crippen MR) is 112 cm³/mol. The van der Waals surface area contributed by atoms with Gasteiger partial charge in [0, 0.05) is 37.0 Å². The molecule has 5 heteroatoms. The lowest BCUT2D eigenvalue weighted by molar-refractivity contribution is 0.122. The first-order valence-electron chi connectivity index (χ1n) is 10.0. The van der Waals surface area contributed by atoms with Crippen LogP contribution in [0.25, 0.3) is 11.3 Å². The van der Waals surface area contributed by atoms with Gasteiger partial charge in [-0.3, -0.25) is 0 Å². The lowest BCUT2D eigenvalue weighted by Crippen LogP contribution is -2.37. The van der Waals surface area contributed by atoms with Gasteiger partial charge in [-0.25, -0.2) is 4.98 Å². The number of morpholine rings is 1. The summed E-state index contributed by atoms with van der Waals surface area (Å²) in [5.41, 5.74) is 4.68. The lowest BCUT2D eigenvalue weighted by atomic mass is 10.0. The second-order valence-electron chi connectivity index (χ2n) is 7.26. The highest BCUT2D eigenvalue weighted by Crippen LogP contribution is 2.34. The van der Waals surface area contributed by atoms with Crippen LogP contribution in [0.15, 0.2) is 60.7 Å². The number of aromatic nitrogens is 2. The van der Waals surface area contributed by atoms with Crippen LogP contribution in [0.4, 0.5) is 17.5 Å². The SMILES string of the molecule is c1ccc(-c2cc(N3CCOCC3)nc(N3CCCc4ccccc43)n2)cc1. The molecule has 0 atom stereocenters. The minimum absolute atomic E-state index is 0.743. The molecule has 142 valence electrons. The topological polar surface area (TPSA) is 41.5 Å². The van der Waals surface area contributed by atoms with Crippen molar-refractivity contribution < 1.29 is 4.74 Å². The largest absolute Gasteiger partial charge is 0.378 e. The number of ether oxygens (including phenoxy) is 1. The van der Waals surface area contributed by atoms with E-state index >= 15 is 0 Å². The Morgan fingerprint density at radius 3 is 2.46 bits per heavy atom. The molecule has 5 rings (SSSR count). The van der Waals surface area contributed by atoms with Crippen molar-refractivity contribution in [2.45, 2.75) is 12.8 Å². The van der Waals surface area contributed by atoms with E-state index < -0.39 is 0 Å². The number of hydrogen-bond acceptors (Lipinski definition) is 5. The summed E-state index contributed by atoms with van der Waals surface area (Å²) in [4.78, 5) is 14.5. The van der Waals surface area contributed by atoms with Crippen molar-refractivity contribution in [1.29, 1.82) is 0 Å². The van der Waals surface area contributed by atoms with E-state index in [9.17, 15) is 0 Å². The zero-order valence-electron chi connectivity index (χ0n) is 15.9. The Morgan fingerprint density at radius 2 is 1.61 bits per heavy atom. The van der Waals surface area contributed by atoms with Crippen LogP contribution in [0.3, 0.4) is 0 Å². The van der Waals surface area contributed by atoms with Crippen LogP contribution in [-0.2, 0) is 11.2 Å². The van der Waals surface area contributed by atoms with Gasteiger partial charge in [-0.2, -0.15) is 4.98 Å². The molecule has 0 amide bonds. The molecule has 2 aromatic carbocycles. The number of anilines is 3. The Bertz CT molecular complexity index is 954. The predicted octanol–water partition coefficient (Wildman–Crippen LogP) is 4.06. The summed E-state index contributed by atoms with van der Waals surface area (Å²) < 4.78 is 5.53. The molecule has 0 aliphatic carbocycles. The van der Waals surface area contributed by atoms with E-state index in [0.29, 0.717) is 0 Å². The second kappa shape index (κ2) is 7.60. The molecule has 5 nitrogen and oxygen atoms in total. The number of para-hydroxylation sites is 1. The number of nitrogens with zero attached hydrogens (tertiary/aromatic N) is 4. The van der Waals surface area contributed by atoms with E-state index in [1.807, 2.05) is 6.07 Å². The monoisotopic (exact) mass is 372 g/mol. The van der Waals surface area contributed by atoms with Crippen molar-refractivity contribution in [2.75, 3.05) is 42.6 Å². The molecule has 1 saturated heterocycles. The summed E-state index contributed by atoms with van der Waals surface area (Å²) in [5, 5.41) is 0.